The minimum absolute atomic E-state index is 0.0400. The molecular formula is C14H20O8S2. The van der Waals surface area contributed by atoms with Crippen molar-refractivity contribution >= 4 is 46.3 Å². The van der Waals surface area contributed by atoms with E-state index in [1.807, 2.05) is 0 Å². The van der Waals surface area contributed by atoms with Gasteiger partial charge in [-0.05, 0) is 30.9 Å². The summed E-state index contributed by atoms with van der Waals surface area (Å²) in [6.07, 6.45) is -2.91. The average Bonchev–Trinajstić information content (AvgIpc) is 2.44. The molecule has 8 nitrogen and oxygen atoms in total. The molecule has 1 rings (SSSR count). The first-order valence-electron chi connectivity index (χ1n) is 7.21. The van der Waals surface area contributed by atoms with E-state index in [4.69, 9.17) is 35.9 Å². The smallest absolute Gasteiger partial charge is 0.303 e. The molecule has 24 heavy (non-hydrogen) atoms. The van der Waals surface area contributed by atoms with Gasteiger partial charge >= 0.3 is 17.9 Å². The molecule has 1 saturated heterocycles. The molecule has 1 heterocycles. The number of thioether (sulfide) groups is 1. The third-order valence-electron chi connectivity index (χ3n) is 2.78. The number of hydrogen-bond donors (Lipinski definition) is 0. The third-order valence-corrected chi connectivity index (χ3v) is 4.13. The number of ether oxygens (including phenoxy) is 5. The Balaban J connectivity index is 3.01. The van der Waals surface area contributed by atoms with Crippen molar-refractivity contribution in [2.45, 2.75) is 51.4 Å². The summed E-state index contributed by atoms with van der Waals surface area (Å²) in [6, 6.07) is 0. The van der Waals surface area contributed by atoms with Gasteiger partial charge in [-0.15, -0.1) is 0 Å². The first-order chi connectivity index (χ1) is 11.2. The lowest BCUT2D eigenvalue weighted by molar-refractivity contribution is -0.213. The zero-order valence-electron chi connectivity index (χ0n) is 13.8. The second kappa shape index (κ2) is 9.80. The van der Waals surface area contributed by atoms with Crippen LogP contribution in [-0.4, -0.2) is 59.3 Å². The van der Waals surface area contributed by atoms with Crippen molar-refractivity contribution in [3.63, 3.8) is 0 Å². The van der Waals surface area contributed by atoms with E-state index < -0.39 is 41.7 Å². The fourth-order valence-corrected chi connectivity index (χ4v) is 3.33. The lowest BCUT2D eigenvalue weighted by atomic mass is 10.1. The van der Waals surface area contributed by atoms with E-state index in [0.717, 1.165) is 11.8 Å². The molecular weight excluding hydrogens is 360 g/mol. The van der Waals surface area contributed by atoms with Crippen molar-refractivity contribution in [3.05, 3.63) is 0 Å². The summed E-state index contributed by atoms with van der Waals surface area (Å²) in [7, 11) is 0. The molecule has 0 bridgehead atoms. The van der Waals surface area contributed by atoms with Crippen molar-refractivity contribution in [1.82, 2.24) is 0 Å². The Morgan fingerprint density at radius 3 is 2.08 bits per heavy atom. The Morgan fingerprint density at radius 2 is 1.58 bits per heavy atom. The Morgan fingerprint density at radius 1 is 1.04 bits per heavy atom. The number of rotatable bonds is 5. The van der Waals surface area contributed by atoms with E-state index in [1.165, 1.54) is 20.8 Å². The highest BCUT2D eigenvalue weighted by molar-refractivity contribution is 8.22. The lowest BCUT2D eigenvalue weighted by Crippen LogP contribution is -2.56. The van der Waals surface area contributed by atoms with Crippen LogP contribution >= 0.6 is 24.0 Å². The second-order valence-corrected chi connectivity index (χ2v) is 6.50. The van der Waals surface area contributed by atoms with Crippen LogP contribution < -0.4 is 0 Å². The molecule has 0 aromatic heterocycles. The predicted octanol–water partition coefficient (Wildman–Crippen LogP) is 1.19. The van der Waals surface area contributed by atoms with Gasteiger partial charge < -0.3 is 23.7 Å². The number of thiocarbonyl (C=S) groups is 1. The number of carbonyl (C=O) groups excluding carboxylic acids is 3. The minimum atomic E-state index is -1.01. The monoisotopic (exact) mass is 380 g/mol. The molecule has 0 N–H and O–H groups in total. The molecule has 0 spiro atoms. The Labute approximate surface area is 149 Å². The van der Waals surface area contributed by atoms with Crippen LogP contribution in [0.25, 0.3) is 0 Å². The lowest BCUT2D eigenvalue weighted by Gasteiger charge is -2.39. The maximum atomic E-state index is 11.4. The molecule has 1 fully saturated rings. The van der Waals surface area contributed by atoms with Crippen LogP contribution in [0.2, 0.25) is 0 Å². The predicted molar refractivity (Wildman–Crippen MR) is 88.2 cm³/mol. The molecule has 0 aliphatic carbocycles. The molecule has 0 aromatic carbocycles. The number of hydrogen-bond acceptors (Lipinski definition) is 10. The Bertz CT molecular complexity index is 495. The summed E-state index contributed by atoms with van der Waals surface area (Å²) in [5.74, 6) is -1.78. The van der Waals surface area contributed by atoms with Crippen LogP contribution in [0.3, 0.4) is 0 Å². The molecule has 0 amide bonds. The van der Waals surface area contributed by atoms with Crippen LogP contribution in [0, 0.1) is 0 Å². The molecule has 136 valence electrons. The van der Waals surface area contributed by atoms with Gasteiger partial charge in [-0.1, -0.05) is 0 Å². The SMILES string of the molecule is CCOC(=S)S[C@@H]1OC[C@@H](OC(C)=O)[C@H](OC(C)=O)[C@H]1OC(C)=O. The van der Waals surface area contributed by atoms with E-state index >= 15 is 0 Å². The van der Waals surface area contributed by atoms with Crippen molar-refractivity contribution in [2.75, 3.05) is 13.2 Å². The average molecular weight is 380 g/mol. The zero-order valence-corrected chi connectivity index (χ0v) is 15.4. The summed E-state index contributed by atoms with van der Waals surface area (Å²) in [4.78, 5) is 34.1. The van der Waals surface area contributed by atoms with Gasteiger partial charge in [0.05, 0.1) is 13.2 Å². The van der Waals surface area contributed by atoms with Crippen molar-refractivity contribution in [2.24, 2.45) is 0 Å². The summed E-state index contributed by atoms with van der Waals surface area (Å²) in [5, 5.41) is 0. The molecule has 1 aliphatic heterocycles. The van der Waals surface area contributed by atoms with E-state index in [0.29, 0.717) is 6.61 Å². The van der Waals surface area contributed by atoms with E-state index in [-0.39, 0.29) is 11.0 Å². The summed E-state index contributed by atoms with van der Waals surface area (Å²) < 4.78 is 26.5. The summed E-state index contributed by atoms with van der Waals surface area (Å²) >= 11 is 6.08. The van der Waals surface area contributed by atoms with Gasteiger partial charge in [0.1, 0.15) is 0 Å². The molecule has 10 heteroatoms. The first-order valence-corrected chi connectivity index (χ1v) is 8.50. The molecule has 1 aliphatic rings. The van der Waals surface area contributed by atoms with Gasteiger partial charge in [0.15, 0.2) is 23.7 Å². The highest BCUT2D eigenvalue weighted by Gasteiger charge is 2.47. The fourth-order valence-electron chi connectivity index (χ4n) is 2.06. The van der Waals surface area contributed by atoms with Crippen molar-refractivity contribution in [1.29, 1.82) is 0 Å². The maximum Gasteiger partial charge on any atom is 0.303 e. The van der Waals surface area contributed by atoms with Crippen LogP contribution in [0.4, 0.5) is 0 Å². The van der Waals surface area contributed by atoms with E-state index in [9.17, 15) is 14.4 Å². The zero-order chi connectivity index (χ0) is 18.3. The van der Waals surface area contributed by atoms with E-state index in [1.54, 1.807) is 6.92 Å². The summed E-state index contributed by atoms with van der Waals surface area (Å²) in [6.45, 7) is 5.75. The molecule has 4 atom stereocenters. The van der Waals surface area contributed by atoms with Gasteiger partial charge in [0.2, 0.25) is 4.38 Å². The van der Waals surface area contributed by atoms with Crippen LogP contribution in [0.15, 0.2) is 0 Å². The quantitative estimate of drug-likeness (QED) is 0.393. The minimum Gasteiger partial charge on any atom is -0.479 e. The summed E-state index contributed by atoms with van der Waals surface area (Å²) in [5.41, 5.74) is -0.760. The normalized spacial score (nSPS) is 26.2. The van der Waals surface area contributed by atoms with Gasteiger partial charge in [0.25, 0.3) is 0 Å². The van der Waals surface area contributed by atoms with Gasteiger partial charge in [-0.2, -0.15) is 0 Å². The van der Waals surface area contributed by atoms with Crippen LogP contribution in [-0.2, 0) is 38.1 Å². The topological polar surface area (TPSA) is 97.4 Å². The molecule has 0 radical (unpaired) electrons. The maximum absolute atomic E-state index is 11.4. The largest absolute Gasteiger partial charge is 0.479 e. The highest BCUT2D eigenvalue weighted by atomic mass is 32.2. The Hall–Kier alpha value is -1.39. The molecule has 0 saturated carbocycles. The van der Waals surface area contributed by atoms with Crippen LogP contribution in [0.1, 0.15) is 27.7 Å². The van der Waals surface area contributed by atoms with Gasteiger partial charge in [-0.25, -0.2) is 0 Å². The van der Waals surface area contributed by atoms with Crippen molar-refractivity contribution in [3.8, 4) is 0 Å². The van der Waals surface area contributed by atoms with Gasteiger partial charge in [0, 0.05) is 20.8 Å². The van der Waals surface area contributed by atoms with E-state index in [2.05, 4.69) is 0 Å². The second-order valence-electron chi connectivity index (χ2n) is 4.80. The first kappa shape index (κ1) is 20.7. The fraction of sp³-hybridized carbons (Fsp3) is 0.714. The van der Waals surface area contributed by atoms with Crippen LogP contribution in [0.5, 0.6) is 0 Å². The highest BCUT2D eigenvalue weighted by Crippen LogP contribution is 2.31. The Kier molecular flexibility index (Phi) is 8.43. The number of esters is 3. The number of carbonyl (C=O) groups is 3. The standard InChI is InChI=1S/C14H20O8S2/c1-5-18-14(23)24-13-12(22-9(4)17)11(21-8(3)16)10(6-19-13)20-7(2)15/h10-13H,5-6H2,1-4H3/t10-,11+,12-,13+/m1/s1. The van der Waals surface area contributed by atoms with Crippen molar-refractivity contribution < 1.29 is 38.1 Å². The molecule has 0 aromatic rings. The van der Waals surface area contributed by atoms with Gasteiger partial charge in [-0.3, -0.25) is 14.4 Å². The molecule has 0 unspecified atom stereocenters. The third kappa shape index (κ3) is 6.62.